The van der Waals surface area contributed by atoms with Gasteiger partial charge < -0.3 is 24.8 Å². The molecule has 0 aromatic heterocycles. The molecule has 0 saturated carbocycles. The lowest BCUT2D eigenvalue weighted by atomic mass is 10.1. The van der Waals surface area contributed by atoms with Crippen LogP contribution in [0.2, 0.25) is 0 Å². The van der Waals surface area contributed by atoms with Gasteiger partial charge in [-0.05, 0) is 38.5 Å². The number of carbonyl (C=O) groups is 2. The average Bonchev–Trinajstić information content (AvgIpc) is 2.69. The zero-order chi connectivity index (χ0) is 21.3. The summed E-state index contributed by atoms with van der Waals surface area (Å²) < 4.78 is 10.5. The maximum Gasteiger partial charge on any atom is 0.407 e. The van der Waals surface area contributed by atoms with E-state index in [0.29, 0.717) is 38.4 Å². The van der Waals surface area contributed by atoms with Crippen molar-refractivity contribution in [2.24, 2.45) is 0 Å². The topological polar surface area (TPSA) is 91.3 Å². The van der Waals surface area contributed by atoms with Crippen molar-refractivity contribution in [1.82, 2.24) is 15.1 Å². The summed E-state index contributed by atoms with van der Waals surface area (Å²) in [7, 11) is 0. The lowest BCUT2D eigenvalue weighted by Gasteiger charge is -2.34. The number of alkyl carbamates (subject to hydrolysis) is 1. The predicted octanol–water partition coefficient (Wildman–Crippen LogP) is 1.48. The van der Waals surface area contributed by atoms with Crippen molar-refractivity contribution in [2.75, 3.05) is 52.5 Å². The molecular formula is C21H33N3O5. The number of rotatable bonds is 8. The summed E-state index contributed by atoms with van der Waals surface area (Å²) in [5.74, 6) is 0.0211. The van der Waals surface area contributed by atoms with Gasteiger partial charge in [0.25, 0.3) is 5.91 Å². The van der Waals surface area contributed by atoms with Crippen LogP contribution in [0.15, 0.2) is 24.3 Å². The molecule has 162 valence electrons. The molecule has 1 aromatic rings. The summed E-state index contributed by atoms with van der Waals surface area (Å²) in [6, 6.07) is 7.28. The first-order valence-electron chi connectivity index (χ1n) is 10.0. The van der Waals surface area contributed by atoms with E-state index in [1.165, 1.54) is 0 Å². The van der Waals surface area contributed by atoms with Crippen molar-refractivity contribution < 1.29 is 24.2 Å². The van der Waals surface area contributed by atoms with E-state index >= 15 is 0 Å². The molecule has 0 unspecified atom stereocenters. The summed E-state index contributed by atoms with van der Waals surface area (Å²) >= 11 is 0. The highest BCUT2D eigenvalue weighted by atomic mass is 16.6. The largest absolute Gasteiger partial charge is 0.444 e. The second-order valence-corrected chi connectivity index (χ2v) is 8.02. The molecule has 8 nitrogen and oxygen atoms in total. The Bertz CT molecular complexity index is 649. The summed E-state index contributed by atoms with van der Waals surface area (Å²) in [5.41, 5.74) is 1.02. The minimum atomic E-state index is -0.531. The van der Waals surface area contributed by atoms with E-state index in [-0.39, 0.29) is 12.5 Å². The van der Waals surface area contributed by atoms with E-state index in [1.807, 2.05) is 37.8 Å². The molecule has 2 amide bonds. The van der Waals surface area contributed by atoms with Gasteiger partial charge in [-0.25, -0.2) is 4.79 Å². The zero-order valence-electron chi connectivity index (χ0n) is 17.6. The van der Waals surface area contributed by atoms with E-state index in [1.54, 1.807) is 12.1 Å². The number of ether oxygens (including phenoxy) is 2. The van der Waals surface area contributed by atoms with E-state index < -0.39 is 11.7 Å². The monoisotopic (exact) mass is 407 g/mol. The average molecular weight is 408 g/mol. The Kier molecular flexibility index (Phi) is 8.88. The second kappa shape index (κ2) is 11.1. The molecular weight excluding hydrogens is 374 g/mol. The van der Waals surface area contributed by atoms with Crippen LogP contribution in [-0.2, 0) is 16.0 Å². The number of nitrogens with zero attached hydrogens (tertiary/aromatic N) is 2. The number of aliphatic hydroxyl groups is 1. The highest BCUT2D eigenvalue weighted by molar-refractivity contribution is 5.94. The molecule has 2 rings (SSSR count). The van der Waals surface area contributed by atoms with Crippen molar-refractivity contribution in [3.05, 3.63) is 35.4 Å². The molecule has 1 heterocycles. The first-order chi connectivity index (χ1) is 13.8. The van der Waals surface area contributed by atoms with Crippen LogP contribution in [0.5, 0.6) is 0 Å². The summed E-state index contributed by atoms with van der Waals surface area (Å²) in [6.07, 6.45) is -0.461. The molecule has 29 heavy (non-hydrogen) atoms. The number of hydrogen-bond acceptors (Lipinski definition) is 6. The third-order valence-corrected chi connectivity index (χ3v) is 4.48. The molecule has 2 N–H and O–H groups in total. The molecule has 0 atom stereocenters. The first-order valence-corrected chi connectivity index (χ1v) is 10.0. The normalized spacial score (nSPS) is 15.2. The molecule has 0 bridgehead atoms. The Balaban J connectivity index is 1.75. The van der Waals surface area contributed by atoms with Crippen LogP contribution in [-0.4, -0.2) is 85.1 Å². The van der Waals surface area contributed by atoms with Crippen LogP contribution in [0.1, 0.15) is 36.7 Å². The molecule has 1 aromatic carbocycles. The fourth-order valence-electron chi connectivity index (χ4n) is 2.97. The predicted molar refractivity (Wildman–Crippen MR) is 110 cm³/mol. The molecule has 0 aliphatic carbocycles. The van der Waals surface area contributed by atoms with Gasteiger partial charge in [-0.1, -0.05) is 12.1 Å². The third-order valence-electron chi connectivity index (χ3n) is 4.48. The van der Waals surface area contributed by atoms with Crippen LogP contribution in [0.3, 0.4) is 0 Å². The fourth-order valence-corrected chi connectivity index (χ4v) is 2.97. The highest BCUT2D eigenvalue weighted by Crippen LogP contribution is 2.11. The quantitative estimate of drug-likeness (QED) is 0.635. The Hall–Kier alpha value is -2.16. The standard InChI is InChI=1S/C21H33N3O5/c1-21(2,3)29-20(27)22-16-17-4-6-18(7-5-17)19(26)24-10-8-23(9-11-24)12-14-28-15-13-25/h4-7,25H,8-16H2,1-3H3,(H,22,27). The Morgan fingerprint density at radius 3 is 2.31 bits per heavy atom. The molecule has 0 radical (unpaired) electrons. The second-order valence-electron chi connectivity index (χ2n) is 8.02. The molecule has 1 aliphatic rings. The minimum absolute atomic E-state index is 0.0211. The van der Waals surface area contributed by atoms with Crippen molar-refractivity contribution >= 4 is 12.0 Å². The molecule has 1 aliphatic heterocycles. The van der Waals surface area contributed by atoms with E-state index in [9.17, 15) is 9.59 Å². The Labute approximate surface area is 172 Å². The van der Waals surface area contributed by atoms with Crippen molar-refractivity contribution in [1.29, 1.82) is 0 Å². The third kappa shape index (κ3) is 8.39. The number of hydrogen-bond donors (Lipinski definition) is 2. The number of aliphatic hydroxyl groups excluding tert-OH is 1. The lowest BCUT2D eigenvalue weighted by Crippen LogP contribution is -2.49. The van der Waals surface area contributed by atoms with E-state index in [4.69, 9.17) is 14.6 Å². The SMILES string of the molecule is CC(C)(C)OC(=O)NCc1ccc(C(=O)N2CCN(CCOCCO)CC2)cc1. The maximum absolute atomic E-state index is 12.7. The van der Waals surface area contributed by atoms with Gasteiger partial charge in [0.15, 0.2) is 0 Å². The zero-order valence-corrected chi connectivity index (χ0v) is 17.6. The number of nitrogens with one attached hydrogen (secondary N) is 1. The minimum Gasteiger partial charge on any atom is -0.444 e. The van der Waals surface area contributed by atoms with Gasteiger partial charge in [0.2, 0.25) is 0 Å². The Morgan fingerprint density at radius 2 is 1.72 bits per heavy atom. The van der Waals surface area contributed by atoms with Gasteiger partial charge in [0, 0.05) is 44.8 Å². The molecule has 1 fully saturated rings. The number of benzene rings is 1. The maximum atomic E-state index is 12.7. The summed E-state index contributed by atoms with van der Waals surface area (Å²) in [5, 5.41) is 11.4. The van der Waals surface area contributed by atoms with Crippen molar-refractivity contribution in [3.63, 3.8) is 0 Å². The van der Waals surface area contributed by atoms with Gasteiger partial charge in [-0.2, -0.15) is 0 Å². The molecule has 0 spiro atoms. The summed E-state index contributed by atoms with van der Waals surface area (Å²) in [6.45, 7) is 10.6. The van der Waals surface area contributed by atoms with Gasteiger partial charge in [-0.3, -0.25) is 9.69 Å². The van der Waals surface area contributed by atoms with Crippen LogP contribution < -0.4 is 5.32 Å². The van der Waals surface area contributed by atoms with Gasteiger partial charge in [-0.15, -0.1) is 0 Å². The first kappa shape index (κ1) is 23.1. The van der Waals surface area contributed by atoms with Crippen molar-refractivity contribution in [3.8, 4) is 0 Å². The molecule has 8 heteroatoms. The number of piperazine rings is 1. The molecule has 1 saturated heterocycles. The smallest absolute Gasteiger partial charge is 0.407 e. The van der Waals surface area contributed by atoms with Gasteiger partial charge >= 0.3 is 6.09 Å². The van der Waals surface area contributed by atoms with E-state index in [0.717, 1.165) is 25.2 Å². The number of amides is 2. The van der Waals surface area contributed by atoms with Crippen molar-refractivity contribution in [2.45, 2.75) is 32.9 Å². The van der Waals surface area contributed by atoms with Gasteiger partial charge in [0.1, 0.15) is 5.60 Å². The summed E-state index contributed by atoms with van der Waals surface area (Å²) in [4.78, 5) is 28.5. The number of carbonyl (C=O) groups excluding carboxylic acids is 2. The Morgan fingerprint density at radius 1 is 1.07 bits per heavy atom. The highest BCUT2D eigenvalue weighted by Gasteiger charge is 2.22. The lowest BCUT2D eigenvalue weighted by molar-refractivity contribution is 0.0485. The van der Waals surface area contributed by atoms with Crippen LogP contribution >= 0.6 is 0 Å². The van der Waals surface area contributed by atoms with Gasteiger partial charge in [0.05, 0.1) is 19.8 Å². The van der Waals surface area contributed by atoms with Crippen LogP contribution in [0.4, 0.5) is 4.79 Å². The van der Waals surface area contributed by atoms with Crippen LogP contribution in [0.25, 0.3) is 0 Å². The van der Waals surface area contributed by atoms with E-state index in [2.05, 4.69) is 10.2 Å². The fraction of sp³-hybridized carbons (Fsp3) is 0.619. The van der Waals surface area contributed by atoms with Crippen LogP contribution in [0, 0.1) is 0 Å².